The van der Waals surface area contributed by atoms with Crippen LogP contribution >= 0.6 is 11.3 Å². The molecule has 1 aliphatic rings. The smallest absolute Gasteiger partial charge is 0.251 e. The first-order valence-electron chi connectivity index (χ1n) is 7.76. The molecule has 1 aliphatic carbocycles. The van der Waals surface area contributed by atoms with Crippen LogP contribution < -0.4 is 10.6 Å². The predicted molar refractivity (Wildman–Crippen MR) is 88.9 cm³/mol. The van der Waals surface area contributed by atoms with Crippen molar-refractivity contribution in [3.8, 4) is 0 Å². The average molecular weight is 329 g/mol. The van der Waals surface area contributed by atoms with Crippen molar-refractivity contribution in [2.24, 2.45) is 5.92 Å². The molecular weight excluding hydrogens is 310 g/mol. The van der Waals surface area contributed by atoms with Crippen LogP contribution in [-0.4, -0.2) is 16.8 Å². The molecule has 0 unspecified atom stereocenters. The second-order valence-corrected chi connectivity index (χ2v) is 6.57. The van der Waals surface area contributed by atoms with Crippen molar-refractivity contribution in [1.82, 2.24) is 15.6 Å². The van der Waals surface area contributed by atoms with Crippen LogP contribution in [-0.2, 0) is 17.9 Å². The van der Waals surface area contributed by atoms with Gasteiger partial charge in [-0.05, 0) is 25.0 Å². The summed E-state index contributed by atoms with van der Waals surface area (Å²) >= 11 is 1.49. The van der Waals surface area contributed by atoms with E-state index in [1.807, 2.05) is 23.6 Å². The molecule has 0 saturated heterocycles. The number of carbonyl (C=O) groups is 2. The molecule has 0 radical (unpaired) electrons. The number of carbonyl (C=O) groups excluding carboxylic acids is 2. The van der Waals surface area contributed by atoms with Crippen LogP contribution in [0.1, 0.15) is 40.3 Å². The zero-order valence-electron chi connectivity index (χ0n) is 12.7. The van der Waals surface area contributed by atoms with E-state index in [4.69, 9.17) is 0 Å². The maximum Gasteiger partial charge on any atom is 0.251 e. The van der Waals surface area contributed by atoms with Crippen molar-refractivity contribution in [1.29, 1.82) is 0 Å². The van der Waals surface area contributed by atoms with E-state index < -0.39 is 0 Å². The first-order chi connectivity index (χ1) is 11.2. The van der Waals surface area contributed by atoms with E-state index in [0.717, 1.165) is 30.0 Å². The number of hydrogen-bond donors (Lipinski definition) is 2. The summed E-state index contributed by atoms with van der Waals surface area (Å²) in [7, 11) is 0. The fourth-order valence-corrected chi connectivity index (χ4v) is 3.08. The van der Waals surface area contributed by atoms with E-state index >= 15 is 0 Å². The first kappa shape index (κ1) is 15.7. The van der Waals surface area contributed by atoms with Crippen molar-refractivity contribution >= 4 is 23.2 Å². The molecule has 2 amide bonds. The van der Waals surface area contributed by atoms with Crippen LogP contribution in [0, 0.1) is 5.92 Å². The van der Waals surface area contributed by atoms with Crippen molar-refractivity contribution in [3.63, 3.8) is 0 Å². The van der Waals surface area contributed by atoms with Gasteiger partial charge >= 0.3 is 0 Å². The number of benzene rings is 1. The molecule has 1 fully saturated rings. The molecule has 2 N–H and O–H groups in total. The number of thiazole rings is 1. The fourth-order valence-electron chi connectivity index (χ4n) is 2.35. The molecule has 1 saturated carbocycles. The normalized spacial score (nSPS) is 14.1. The van der Waals surface area contributed by atoms with Crippen LogP contribution in [0.5, 0.6) is 0 Å². The lowest BCUT2D eigenvalue weighted by Crippen LogP contribution is -2.34. The summed E-state index contributed by atoms with van der Waals surface area (Å²) in [5.74, 6) is 0.210. The molecule has 1 aromatic carbocycles. The highest BCUT2D eigenvalue weighted by molar-refractivity contribution is 7.09. The number of nitrogens with zero attached hydrogens (tertiary/aromatic N) is 1. The second-order valence-electron chi connectivity index (χ2n) is 5.63. The Bertz CT molecular complexity index is 680. The third kappa shape index (κ3) is 4.16. The minimum absolute atomic E-state index is 0.111. The Hall–Kier alpha value is -2.21. The van der Waals surface area contributed by atoms with Gasteiger partial charge in [-0.2, -0.15) is 0 Å². The van der Waals surface area contributed by atoms with E-state index in [1.165, 1.54) is 11.3 Å². The van der Waals surface area contributed by atoms with Crippen LogP contribution in [0.15, 0.2) is 35.7 Å². The summed E-state index contributed by atoms with van der Waals surface area (Å²) in [6.45, 7) is 0.855. The maximum absolute atomic E-state index is 12.0. The van der Waals surface area contributed by atoms with Crippen molar-refractivity contribution < 1.29 is 9.59 Å². The van der Waals surface area contributed by atoms with Gasteiger partial charge < -0.3 is 10.6 Å². The van der Waals surface area contributed by atoms with E-state index in [1.54, 1.807) is 12.1 Å². The molecule has 23 heavy (non-hydrogen) atoms. The minimum atomic E-state index is -0.111. The Morgan fingerprint density at radius 1 is 1.13 bits per heavy atom. The summed E-state index contributed by atoms with van der Waals surface area (Å²) in [6.07, 6.45) is 3.15. The fraction of sp³-hybridized carbons (Fsp3) is 0.353. The molecule has 5 nitrogen and oxygen atoms in total. The van der Waals surface area contributed by atoms with Gasteiger partial charge in [-0.25, -0.2) is 4.98 Å². The summed E-state index contributed by atoms with van der Waals surface area (Å²) in [4.78, 5) is 28.2. The largest absolute Gasteiger partial charge is 0.350 e. The lowest BCUT2D eigenvalue weighted by Gasteiger charge is -2.23. The highest BCUT2D eigenvalue weighted by Crippen LogP contribution is 2.26. The number of rotatable bonds is 6. The Kier molecular flexibility index (Phi) is 5.02. The summed E-state index contributed by atoms with van der Waals surface area (Å²) in [5, 5.41) is 8.53. The zero-order chi connectivity index (χ0) is 16.1. The van der Waals surface area contributed by atoms with Gasteiger partial charge in [-0.3, -0.25) is 9.59 Å². The predicted octanol–water partition coefficient (Wildman–Crippen LogP) is 2.49. The van der Waals surface area contributed by atoms with Gasteiger partial charge in [-0.1, -0.05) is 24.6 Å². The summed E-state index contributed by atoms with van der Waals surface area (Å²) < 4.78 is 0. The van der Waals surface area contributed by atoms with E-state index in [0.29, 0.717) is 18.7 Å². The quantitative estimate of drug-likeness (QED) is 0.855. The molecule has 0 aliphatic heterocycles. The van der Waals surface area contributed by atoms with E-state index in [-0.39, 0.29) is 17.7 Å². The maximum atomic E-state index is 12.0. The third-order valence-electron chi connectivity index (χ3n) is 3.96. The molecule has 3 rings (SSSR count). The molecule has 6 heteroatoms. The standard InChI is InChI=1S/C17H19N3O2S/c21-16(13-7-4-8-13)18-9-14-11-23-15(20-14)10-19-17(22)12-5-2-1-3-6-12/h1-3,5-6,11,13H,4,7-10H2,(H,18,21)(H,19,22). The topological polar surface area (TPSA) is 71.1 Å². The number of amides is 2. The van der Waals surface area contributed by atoms with Gasteiger partial charge in [0.05, 0.1) is 18.8 Å². The Labute approximate surface area is 139 Å². The molecule has 1 aromatic heterocycles. The second kappa shape index (κ2) is 7.37. The van der Waals surface area contributed by atoms with Crippen LogP contribution in [0.4, 0.5) is 0 Å². The number of nitrogens with one attached hydrogen (secondary N) is 2. The Morgan fingerprint density at radius 3 is 2.61 bits per heavy atom. The molecule has 0 bridgehead atoms. The lowest BCUT2D eigenvalue weighted by atomic mass is 9.85. The van der Waals surface area contributed by atoms with Crippen LogP contribution in [0.3, 0.4) is 0 Å². The first-order valence-corrected chi connectivity index (χ1v) is 8.64. The van der Waals surface area contributed by atoms with Crippen molar-refractivity contribution in [2.45, 2.75) is 32.4 Å². The number of aromatic nitrogens is 1. The van der Waals surface area contributed by atoms with Crippen molar-refractivity contribution in [3.05, 3.63) is 52.0 Å². The monoisotopic (exact) mass is 329 g/mol. The zero-order valence-corrected chi connectivity index (χ0v) is 13.6. The SMILES string of the molecule is O=C(NCc1nc(CNC(=O)C2CCC2)cs1)c1ccccc1. The number of hydrogen-bond acceptors (Lipinski definition) is 4. The van der Waals surface area contributed by atoms with Crippen LogP contribution in [0.2, 0.25) is 0 Å². The van der Waals surface area contributed by atoms with E-state index in [9.17, 15) is 9.59 Å². The highest BCUT2D eigenvalue weighted by Gasteiger charge is 2.24. The summed E-state index contributed by atoms with van der Waals surface area (Å²) in [6, 6.07) is 9.10. The molecule has 0 spiro atoms. The van der Waals surface area contributed by atoms with Gasteiger partial charge in [0.2, 0.25) is 5.91 Å². The highest BCUT2D eigenvalue weighted by atomic mass is 32.1. The average Bonchev–Trinajstić information content (AvgIpc) is 2.98. The third-order valence-corrected chi connectivity index (χ3v) is 4.85. The molecule has 120 valence electrons. The Balaban J connectivity index is 1.45. The van der Waals surface area contributed by atoms with Gasteiger partial charge in [-0.15, -0.1) is 11.3 Å². The molecule has 2 aromatic rings. The van der Waals surface area contributed by atoms with Crippen LogP contribution in [0.25, 0.3) is 0 Å². The van der Waals surface area contributed by atoms with Gasteiger partial charge in [0.25, 0.3) is 5.91 Å². The van der Waals surface area contributed by atoms with Gasteiger partial charge in [0, 0.05) is 16.9 Å². The minimum Gasteiger partial charge on any atom is -0.350 e. The lowest BCUT2D eigenvalue weighted by molar-refractivity contribution is -0.127. The summed E-state index contributed by atoms with van der Waals surface area (Å²) in [5.41, 5.74) is 1.48. The van der Waals surface area contributed by atoms with Crippen molar-refractivity contribution in [2.75, 3.05) is 0 Å². The Morgan fingerprint density at radius 2 is 1.91 bits per heavy atom. The molecule has 0 atom stereocenters. The molecule has 1 heterocycles. The van der Waals surface area contributed by atoms with E-state index in [2.05, 4.69) is 15.6 Å². The molecular formula is C17H19N3O2S. The van der Waals surface area contributed by atoms with Gasteiger partial charge in [0.15, 0.2) is 0 Å². The van der Waals surface area contributed by atoms with Gasteiger partial charge in [0.1, 0.15) is 5.01 Å².